The van der Waals surface area contributed by atoms with Crippen molar-refractivity contribution in [3.05, 3.63) is 59.0 Å². The number of aliphatic hydroxyl groups is 1. The molecule has 1 aromatic heterocycles. The Balaban J connectivity index is 2.04. The molecule has 124 valence electrons. The monoisotopic (exact) mass is 316 g/mol. The summed E-state index contributed by atoms with van der Waals surface area (Å²) in [6.07, 6.45) is 0. The first-order valence-corrected chi connectivity index (χ1v) is 7.78. The van der Waals surface area contributed by atoms with Gasteiger partial charge in [0.05, 0.1) is 12.6 Å². The summed E-state index contributed by atoms with van der Waals surface area (Å²) in [5, 5.41) is 12.2. The summed E-state index contributed by atoms with van der Waals surface area (Å²) in [6, 6.07) is 11.3. The molecule has 2 aromatic rings. The summed E-state index contributed by atoms with van der Waals surface area (Å²) in [4.78, 5) is 14.1. The molecule has 0 aliphatic carbocycles. The fourth-order valence-electron chi connectivity index (χ4n) is 2.61. The van der Waals surface area contributed by atoms with Gasteiger partial charge in [-0.2, -0.15) is 0 Å². The molecule has 0 radical (unpaired) electrons. The van der Waals surface area contributed by atoms with Gasteiger partial charge in [-0.3, -0.25) is 0 Å². The highest BCUT2D eigenvalue weighted by molar-refractivity contribution is 5.74. The van der Waals surface area contributed by atoms with Crippen LogP contribution < -0.4 is 5.32 Å². The number of aliphatic hydroxyl groups excluding tert-OH is 1. The highest BCUT2D eigenvalue weighted by Gasteiger charge is 2.19. The van der Waals surface area contributed by atoms with Crippen LogP contribution in [-0.4, -0.2) is 29.2 Å². The molecule has 1 heterocycles. The quantitative estimate of drug-likeness (QED) is 0.860. The number of carbonyl (C=O) groups excluding carboxylic acids is 1. The van der Waals surface area contributed by atoms with Crippen molar-refractivity contribution in [3.63, 3.8) is 0 Å². The second kappa shape index (κ2) is 7.83. The van der Waals surface area contributed by atoms with Crippen LogP contribution in [0.5, 0.6) is 0 Å². The molecule has 0 saturated heterocycles. The zero-order chi connectivity index (χ0) is 16.8. The van der Waals surface area contributed by atoms with Crippen LogP contribution in [0.2, 0.25) is 0 Å². The molecule has 2 rings (SSSR count). The number of hydrogen-bond donors (Lipinski definition) is 2. The van der Waals surface area contributed by atoms with Crippen LogP contribution in [0.1, 0.15) is 35.6 Å². The van der Waals surface area contributed by atoms with Crippen LogP contribution in [0.15, 0.2) is 40.8 Å². The molecular weight excluding hydrogens is 292 g/mol. The zero-order valence-corrected chi connectivity index (χ0v) is 13.9. The lowest BCUT2D eigenvalue weighted by Crippen LogP contribution is -2.42. The predicted molar refractivity (Wildman–Crippen MR) is 89.1 cm³/mol. The molecule has 23 heavy (non-hydrogen) atoms. The van der Waals surface area contributed by atoms with Gasteiger partial charge < -0.3 is 19.7 Å². The molecule has 2 amide bonds. The third-order valence-electron chi connectivity index (χ3n) is 3.76. The Morgan fingerprint density at radius 3 is 2.57 bits per heavy atom. The van der Waals surface area contributed by atoms with Gasteiger partial charge in [-0.25, -0.2) is 4.79 Å². The van der Waals surface area contributed by atoms with Crippen molar-refractivity contribution in [1.29, 1.82) is 0 Å². The van der Waals surface area contributed by atoms with Gasteiger partial charge in [0, 0.05) is 18.7 Å². The van der Waals surface area contributed by atoms with Crippen LogP contribution in [0.4, 0.5) is 4.79 Å². The average molecular weight is 316 g/mol. The number of aryl methyl sites for hydroxylation is 2. The molecule has 0 bridgehead atoms. The van der Waals surface area contributed by atoms with Crippen molar-refractivity contribution < 1.29 is 14.3 Å². The molecule has 0 saturated carbocycles. The molecule has 0 spiro atoms. The second-order valence-electron chi connectivity index (χ2n) is 5.67. The number of hydrogen-bond acceptors (Lipinski definition) is 3. The molecule has 1 aromatic carbocycles. The molecule has 1 unspecified atom stereocenters. The lowest BCUT2D eigenvalue weighted by molar-refractivity contribution is 0.171. The summed E-state index contributed by atoms with van der Waals surface area (Å²) in [5.74, 6) is 1.64. The van der Waals surface area contributed by atoms with Gasteiger partial charge in [0.1, 0.15) is 11.5 Å². The molecule has 1 atom stereocenters. The first kappa shape index (κ1) is 17.1. The normalized spacial score (nSPS) is 12.0. The molecular formula is C18H24N2O3. The average Bonchev–Trinajstić information content (AvgIpc) is 2.86. The predicted octanol–water partition coefficient (Wildman–Crippen LogP) is 3.16. The van der Waals surface area contributed by atoms with Crippen LogP contribution >= 0.6 is 0 Å². The van der Waals surface area contributed by atoms with Crippen molar-refractivity contribution >= 4 is 6.03 Å². The molecule has 0 fully saturated rings. The lowest BCUT2D eigenvalue weighted by Gasteiger charge is -2.24. The summed E-state index contributed by atoms with van der Waals surface area (Å²) < 4.78 is 5.52. The highest BCUT2D eigenvalue weighted by Crippen LogP contribution is 2.21. The number of furan rings is 1. The van der Waals surface area contributed by atoms with Gasteiger partial charge in [-0.05, 0) is 32.4 Å². The van der Waals surface area contributed by atoms with E-state index in [0.717, 1.165) is 22.6 Å². The summed E-state index contributed by atoms with van der Waals surface area (Å²) in [7, 11) is 0. The summed E-state index contributed by atoms with van der Waals surface area (Å²) in [5.41, 5.74) is 2.00. The van der Waals surface area contributed by atoms with Gasteiger partial charge in [0.25, 0.3) is 0 Å². The van der Waals surface area contributed by atoms with Crippen LogP contribution in [0.3, 0.4) is 0 Å². The molecule has 5 nitrogen and oxygen atoms in total. The minimum Gasteiger partial charge on any atom is -0.466 e. The van der Waals surface area contributed by atoms with E-state index in [1.807, 2.05) is 57.2 Å². The first-order valence-electron chi connectivity index (χ1n) is 7.78. The minimum atomic E-state index is -0.200. The van der Waals surface area contributed by atoms with Crippen LogP contribution in [0.25, 0.3) is 0 Å². The Labute approximate surface area is 136 Å². The van der Waals surface area contributed by atoms with E-state index in [1.54, 1.807) is 4.90 Å². The number of nitrogens with zero attached hydrogens (tertiary/aromatic N) is 1. The number of nitrogens with one attached hydrogen (secondary N) is 1. The smallest absolute Gasteiger partial charge is 0.318 e. The fraction of sp³-hybridized carbons (Fsp3) is 0.389. The zero-order valence-electron chi connectivity index (χ0n) is 13.9. The first-order chi connectivity index (χ1) is 11.0. The maximum Gasteiger partial charge on any atom is 0.318 e. The maximum atomic E-state index is 12.5. The van der Waals surface area contributed by atoms with E-state index in [2.05, 4.69) is 5.32 Å². The van der Waals surface area contributed by atoms with E-state index in [-0.39, 0.29) is 25.2 Å². The van der Waals surface area contributed by atoms with Crippen LogP contribution in [0, 0.1) is 13.8 Å². The Kier molecular flexibility index (Phi) is 5.82. The van der Waals surface area contributed by atoms with Crippen LogP contribution in [-0.2, 0) is 6.54 Å². The van der Waals surface area contributed by atoms with Gasteiger partial charge in [-0.15, -0.1) is 0 Å². The number of rotatable bonds is 6. The van der Waals surface area contributed by atoms with E-state index in [1.165, 1.54) is 0 Å². The Morgan fingerprint density at radius 1 is 1.30 bits per heavy atom. The van der Waals surface area contributed by atoms with Crippen molar-refractivity contribution in [3.8, 4) is 0 Å². The van der Waals surface area contributed by atoms with E-state index in [0.29, 0.717) is 6.54 Å². The van der Waals surface area contributed by atoms with Crippen molar-refractivity contribution in [2.45, 2.75) is 33.4 Å². The number of benzene rings is 1. The van der Waals surface area contributed by atoms with Crippen molar-refractivity contribution in [2.75, 3.05) is 13.2 Å². The Bertz CT molecular complexity index is 637. The van der Waals surface area contributed by atoms with Gasteiger partial charge in [-0.1, -0.05) is 30.3 Å². The van der Waals surface area contributed by atoms with E-state index < -0.39 is 0 Å². The van der Waals surface area contributed by atoms with E-state index >= 15 is 0 Å². The SMILES string of the molecule is Cc1cc(C(C)NC(=O)N(CCO)Cc2ccccc2)c(C)o1. The number of carbonyl (C=O) groups is 1. The van der Waals surface area contributed by atoms with Gasteiger partial charge in [0.2, 0.25) is 0 Å². The summed E-state index contributed by atoms with van der Waals surface area (Å²) in [6.45, 7) is 6.38. The fourth-order valence-corrected chi connectivity index (χ4v) is 2.61. The number of amides is 2. The van der Waals surface area contributed by atoms with Crippen molar-refractivity contribution in [2.24, 2.45) is 0 Å². The third kappa shape index (κ3) is 4.60. The Hall–Kier alpha value is -2.27. The Morgan fingerprint density at radius 2 is 2.00 bits per heavy atom. The van der Waals surface area contributed by atoms with E-state index in [9.17, 15) is 9.90 Å². The highest BCUT2D eigenvalue weighted by atomic mass is 16.3. The second-order valence-corrected chi connectivity index (χ2v) is 5.67. The number of urea groups is 1. The molecule has 2 N–H and O–H groups in total. The van der Waals surface area contributed by atoms with E-state index in [4.69, 9.17) is 4.42 Å². The molecule has 0 aliphatic rings. The van der Waals surface area contributed by atoms with Gasteiger partial charge >= 0.3 is 6.03 Å². The minimum absolute atomic E-state index is 0.0710. The topological polar surface area (TPSA) is 65.7 Å². The third-order valence-corrected chi connectivity index (χ3v) is 3.76. The maximum absolute atomic E-state index is 12.5. The summed E-state index contributed by atoms with van der Waals surface area (Å²) >= 11 is 0. The largest absolute Gasteiger partial charge is 0.466 e. The molecule has 5 heteroatoms. The van der Waals surface area contributed by atoms with Gasteiger partial charge in [0.15, 0.2) is 0 Å². The lowest BCUT2D eigenvalue weighted by atomic mass is 10.1. The standard InChI is InChI=1S/C18H24N2O3/c1-13-11-17(15(3)23-13)14(2)19-18(22)20(9-10-21)12-16-7-5-4-6-8-16/h4-8,11,14,21H,9-10,12H2,1-3H3,(H,19,22). The van der Waals surface area contributed by atoms with Crippen molar-refractivity contribution in [1.82, 2.24) is 10.2 Å². The molecule has 0 aliphatic heterocycles.